The van der Waals surface area contributed by atoms with Gasteiger partial charge in [-0.15, -0.1) is 0 Å². The topological polar surface area (TPSA) is 66.4 Å². The molecule has 0 bridgehead atoms. The Hall–Kier alpha value is -1.98. The molecule has 0 aromatic heterocycles. The zero-order chi connectivity index (χ0) is 14.1. The van der Waals surface area contributed by atoms with Crippen molar-refractivity contribution in [1.82, 2.24) is 5.32 Å². The van der Waals surface area contributed by atoms with E-state index in [1.807, 2.05) is 0 Å². The molecule has 6 heteroatoms. The maximum Gasteiger partial charge on any atom is 0.328 e. The predicted octanol–water partition coefficient (Wildman–Crippen LogP) is 1.87. The molecule has 0 radical (unpaired) electrons. The Morgan fingerprint density at radius 2 is 1.83 bits per heavy atom. The van der Waals surface area contributed by atoms with E-state index in [1.165, 1.54) is 26.8 Å². The van der Waals surface area contributed by atoms with Crippen molar-refractivity contribution in [2.24, 2.45) is 0 Å². The van der Waals surface area contributed by atoms with E-state index >= 15 is 0 Å². The van der Waals surface area contributed by atoms with Crippen LogP contribution >= 0.6 is 0 Å². The first kappa shape index (κ1) is 14.1. The summed E-state index contributed by atoms with van der Waals surface area (Å²) in [5.74, 6) is -4.42. The van der Waals surface area contributed by atoms with Crippen LogP contribution in [0.25, 0.3) is 0 Å². The highest BCUT2D eigenvalue weighted by Gasteiger charge is 2.31. The largest absolute Gasteiger partial charge is 0.480 e. The highest BCUT2D eigenvalue weighted by atomic mass is 19.1. The number of aryl methyl sites for hydroxylation is 1. The molecule has 0 heterocycles. The highest BCUT2D eigenvalue weighted by Crippen LogP contribution is 2.17. The zero-order valence-electron chi connectivity index (χ0n) is 10.2. The van der Waals surface area contributed by atoms with Crippen LogP contribution in [0.3, 0.4) is 0 Å². The fourth-order valence-electron chi connectivity index (χ4n) is 1.26. The van der Waals surface area contributed by atoms with Gasteiger partial charge in [-0.3, -0.25) is 4.79 Å². The summed E-state index contributed by atoms with van der Waals surface area (Å²) in [6.45, 7) is 3.82. The number of aliphatic carboxylic acids is 1. The van der Waals surface area contributed by atoms with Gasteiger partial charge in [0.15, 0.2) is 0 Å². The molecule has 1 amide bonds. The van der Waals surface area contributed by atoms with Crippen LogP contribution in [-0.4, -0.2) is 22.5 Å². The van der Waals surface area contributed by atoms with Gasteiger partial charge in [-0.05, 0) is 32.4 Å². The second-order valence-corrected chi connectivity index (χ2v) is 4.44. The number of amides is 1. The van der Waals surface area contributed by atoms with Gasteiger partial charge in [0.05, 0.1) is 0 Å². The fourth-order valence-corrected chi connectivity index (χ4v) is 1.26. The first-order valence-electron chi connectivity index (χ1n) is 5.17. The Kier molecular flexibility index (Phi) is 3.69. The Morgan fingerprint density at radius 1 is 1.28 bits per heavy atom. The van der Waals surface area contributed by atoms with E-state index in [9.17, 15) is 18.4 Å². The van der Waals surface area contributed by atoms with Crippen molar-refractivity contribution in [3.8, 4) is 0 Å². The number of rotatable bonds is 3. The Labute approximate surface area is 103 Å². The number of nitrogens with one attached hydrogen (secondary N) is 1. The fraction of sp³-hybridized carbons (Fsp3) is 0.333. The normalized spacial score (nSPS) is 11.2. The molecular weight excluding hydrogens is 244 g/mol. The molecule has 0 aliphatic carbocycles. The quantitative estimate of drug-likeness (QED) is 0.868. The van der Waals surface area contributed by atoms with Gasteiger partial charge in [0.2, 0.25) is 0 Å². The van der Waals surface area contributed by atoms with E-state index in [2.05, 4.69) is 5.32 Å². The van der Waals surface area contributed by atoms with Gasteiger partial charge in [-0.2, -0.15) is 0 Å². The van der Waals surface area contributed by atoms with Crippen molar-refractivity contribution in [2.45, 2.75) is 26.3 Å². The van der Waals surface area contributed by atoms with Crippen LogP contribution in [0.5, 0.6) is 0 Å². The van der Waals surface area contributed by atoms with E-state index in [4.69, 9.17) is 5.11 Å². The number of hydrogen-bond donors (Lipinski definition) is 2. The number of carboxylic acid groups (broad SMARTS) is 1. The lowest BCUT2D eigenvalue weighted by Gasteiger charge is -2.21. The molecule has 2 N–H and O–H groups in total. The molecular formula is C12H13F2NO3. The number of hydrogen-bond acceptors (Lipinski definition) is 2. The molecule has 1 rings (SSSR count). The van der Waals surface area contributed by atoms with Crippen molar-refractivity contribution in [3.05, 3.63) is 34.9 Å². The number of carbonyl (C=O) groups is 2. The number of carbonyl (C=O) groups excluding carboxylic acids is 1. The van der Waals surface area contributed by atoms with Crippen LogP contribution in [0.1, 0.15) is 29.8 Å². The molecule has 0 atom stereocenters. The Balaban J connectivity index is 3.13. The Bertz CT molecular complexity index is 512. The van der Waals surface area contributed by atoms with E-state index in [0.29, 0.717) is 0 Å². The summed E-state index contributed by atoms with van der Waals surface area (Å²) in [5.41, 5.74) is -2.28. The maximum absolute atomic E-state index is 13.6. The number of halogens is 2. The molecule has 0 aliphatic rings. The molecule has 0 unspecified atom stereocenters. The third kappa shape index (κ3) is 2.64. The van der Waals surface area contributed by atoms with Gasteiger partial charge < -0.3 is 10.4 Å². The molecule has 0 saturated carbocycles. The minimum absolute atomic E-state index is 0.106. The maximum atomic E-state index is 13.6. The number of carboxylic acids is 1. The van der Waals surface area contributed by atoms with Crippen molar-refractivity contribution >= 4 is 11.9 Å². The molecule has 1 aromatic carbocycles. The van der Waals surface area contributed by atoms with Crippen LogP contribution < -0.4 is 5.32 Å². The van der Waals surface area contributed by atoms with Gasteiger partial charge >= 0.3 is 5.97 Å². The molecule has 1 aromatic rings. The lowest BCUT2D eigenvalue weighted by atomic mass is 10.0. The minimum Gasteiger partial charge on any atom is -0.480 e. The van der Waals surface area contributed by atoms with Gasteiger partial charge in [-0.1, -0.05) is 6.07 Å². The summed E-state index contributed by atoms with van der Waals surface area (Å²) in [6.07, 6.45) is 0. The Morgan fingerprint density at radius 3 is 2.33 bits per heavy atom. The van der Waals surface area contributed by atoms with Crippen molar-refractivity contribution in [2.75, 3.05) is 0 Å². The van der Waals surface area contributed by atoms with E-state index in [0.717, 1.165) is 6.07 Å². The summed E-state index contributed by atoms with van der Waals surface area (Å²) in [6, 6.07) is 2.16. The lowest BCUT2D eigenvalue weighted by molar-refractivity contribution is -0.143. The molecule has 4 nitrogen and oxygen atoms in total. The van der Waals surface area contributed by atoms with Crippen LogP contribution in [0.4, 0.5) is 8.78 Å². The summed E-state index contributed by atoms with van der Waals surface area (Å²) in [5, 5.41) is 10.9. The van der Waals surface area contributed by atoms with Crippen molar-refractivity contribution in [1.29, 1.82) is 0 Å². The standard InChI is InChI=1S/C12H13F2NO3/c1-6-4-5-7(13)8(9(6)14)10(16)15-12(2,3)11(17)18/h4-5H,1-3H3,(H,15,16)(H,17,18). The SMILES string of the molecule is Cc1ccc(F)c(C(=O)NC(C)(C)C(=O)O)c1F. The monoisotopic (exact) mass is 257 g/mol. The van der Waals surface area contributed by atoms with Crippen molar-refractivity contribution in [3.63, 3.8) is 0 Å². The van der Waals surface area contributed by atoms with Crippen LogP contribution in [-0.2, 0) is 4.79 Å². The average molecular weight is 257 g/mol. The molecule has 0 saturated heterocycles. The molecule has 98 valence electrons. The van der Waals surface area contributed by atoms with Crippen LogP contribution in [0, 0.1) is 18.6 Å². The van der Waals surface area contributed by atoms with Crippen LogP contribution in [0.15, 0.2) is 12.1 Å². The van der Waals surface area contributed by atoms with Gasteiger partial charge in [0.25, 0.3) is 5.91 Å². The molecule has 18 heavy (non-hydrogen) atoms. The highest BCUT2D eigenvalue weighted by molar-refractivity contribution is 5.98. The third-order valence-corrected chi connectivity index (χ3v) is 2.47. The summed E-state index contributed by atoms with van der Waals surface area (Å²) >= 11 is 0. The first-order chi connectivity index (χ1) is 8.16. The second-order valence-electron chi connectivity index (χ2n) is 4.44. The summed E-state index contributed by atoms with van der Waals surface area (Å²) < 4.78 is 27.0. The molecule has 0 spiro atoms. The summed E-state index contributed by atoms with van der Waals surface area (Å²) in [7, 11) is 0. The van der Waals surface area contributed by atoms with Crippen molar-refractivity contribution < 1.29 is 23.5 Å². The zero-order valence-corrected chi connectivity index (χ0v) is 10.2. The average Bonchev–Trinajstić information content (AvgIpc) is 2.23. The molecule has 0 fully saturated rings. The third-order valence-electron chi connectivity index (χ3n) is 2.47. The van der Waals surface area contributed by atoms with E-state index < -0.39 is 34.6 Å². The molecule has 0 aliphatic heterocycles. The number of benzene rings is 1. The first-order valence-corrected chi connectivity index (χ1v) is 5.17. The smallest absolute Gasteiger partial charge is 0.328 e. The van der Waals surface area contributed by atoms with Crippen LogP contribution in [0.2, 0.25) is 0 Å². The van der Waals surface area contributed by atoms with E-state index in [1.54, 1.807) is 0 Å². The van der Waals surface area contributed by atoms with E-state index in [-0.39, 0.29) is 5.56 Å². The van der Waals surface area contributed by atoms with Gasteiger partial charge in [0.1, 0.15) is 22.7 Å². The lowest BCUT2D eigenvalue weighted by Crippen LogP contribution is -2.50. The second kappa shape index (κ2) is 4.72. The summed E-state index contributed by atoms with van der Waals surface area (Å²) in [4.78, 5) is 22.5. The van der Waals surface area contributed by atoms with Gasteiger partial charge in [0, 0.05) is 0 Å². The predicted molar refractivity (Wildman–Crippen MR) is 60.3 cm³/mol. The minimum atomic E-state index is -1.61. The van der Waals surface area contributed by atoms with Gasteiger partial charge in [-0.25, -0.2) is 13.6 Å².